The van der Waals surface area contributed by atoms with Crippen LogP contribution in [0, 0.1) is 0 Å². The van der Waals surface area contributed by atoms with Crippen LogP contribution in [0.5, 0.6) is 0 Å². The van der Waals surface area contributed by atoms with Gasteiger partial charge in [-0.05, 0) is 122 Å². The lowest BCUT2D eigenvalue weighted by atomic mass is 10.0. The van der Waals surface area contributed by atoms with Gasteiger partial charge in [-0.2, -0.15) is 0 Å². The fraction of sp³-hybridized carbons (Fsp3) is 0.630. The third-order valence-corrected chi connectivity index (χ3v) is 13.7. The number of rotatable bonds is 57. The number of aliphatic hydroxyl groups is 2. The maximum Gasteiger partial charge on any atom is 0.220 e. The molecule has 0 saturated heterocycles. The van der Waals surface area contributed by atoms with E-state index in [-0.39, 0.29) is 12.5 Å². The average Bonchev–Trinajstić information content (AvgIpc) is 3.43. The summed E-state index contributed by atoms with van der Waals surface area (Å²) in [6.45, 7) is 4.17. The zero-order valence-electron chi connectivity index (χ0n) is 50.2. The van der Waals surface area contributed by atoms with Crippen LogP contribution in [0.25, 0.3) is 0 Å². The highest BCUT2D eigenvalue weighted by Gasteiger charge is 2.17. The third kappa shape index (κ3) is 62.7. The van der Waals surface area contributed by atoms with Crippen molar-refractivity contribution in [2.24, 2.45) is 0 Å². The molecule has 0 aromatic rings. The molecule has 436 valence electrons. The Labute approximate surface area is 477 Å². The zero-order chi connectivity index (χ0) is 55.5. The summed E-state index contributed by atoms with van der Waals surface area (Å²) >= 11 is 0. The van der Waals surface area contributed by atoms with E-state index in [1.54, 1.807) is 6.08 Å². The van der Waals surface area contributed by atoms with Crippen molar-refractivity contribution in [1.29, 1.82) is 0 Å². The van der Waals surface area contributed by atoms with Gasteiger partial charge in [0.2, 0.25) is 5.91 Å². The molecule has 2 unspecified atom stereocenters. The Morgan fingerprint density at radius 1 is 0.325 bits per heavy atom. The lowest BCUT2D eigenvalue weighted by molar-refractivity contribution is -0.123. The molecule has 0 heterocycles. The molecule has 77 heavy (non-hydrogen) atoms. The Morgan fingerprint density at radius 3 is 0.909 bits per heavy atom. The first-order valence-corrected chi connectivity index (χ1v) is 32.2. The quantitative estimate of drug-likeness (QED) is 0.0420. The molecule has 0 bridgehead atoms. The minimum atomic E-state index is -0.903. The Balaban J connectivity index is 3.70. The summed E-state index contributed by atoms with van der Waals surface area (Å²) in [4.78, 5) is 12.5. The third-order valence-electron chi connectivity index (χ3n) is 13.7. The lowest BCUT2D eigenvalue weighted by Crippen LogP contribution is -2.45. The number of unbranched alkanes of at least 4 members (excludes halogenated alkanes) is 26. The van der Waals surface area contributed by atoms with E-state index in [2.05, 4.69) is 165 Å². The van der Waals surface area contributed by atoms with E-state index >= 15 is 0 Å². The molecule has 0 aliphatic carbocycles. The highest BCUT2D eigenvalue weighted by molar-refractivity contribution is 5.76. The molecule has 0 fully saturated rings. The van der Waals surface area contributed by atoms with Crippen LogP contribution < -0.4 is 5.32 Å². The van der Waals surface area contributed by atoms with Gasteiger partial charge in [0.25, 0.3) is 0 Å². The lowest BCUT2D eigenvalue weighted by Gasteiger charge is -2.19. The van der Waals surface area contributed by atoms with Crippen molar-refractivity contribution < 1.29 is 15.0 Å². The first kappa shape index (κ1) is 73.0. The molecule has 0 spiro atoms. The van der Waals surface area contributed by atoms with Gasteiger partial charge in [-0.15, -0.1) is 0 Å². The Kier molecular flexibility index (Phi) is 62.9. The second-order valence-electron chi connectivity index (χ2n) is 21.1. The van der Waals surface area contributed by atoms with Crippen molar-refractivity contribution >= 4 is 5.91 Å². The molecular weight excluding hydrogens is 939 g/mol. The van der Waals surface area contributed by atoms with Crippen molar-refractivity contribution in [2.45, 2.75) is 289 Å². The predicted octanol–water partition coefficient (Wildman–Crippen LogP) is 22.1. The molecule has 3 N–H and O–H groups in total. The van der Waals surface area contributed by atoms with E-state index in [4.69, 9.17) is 0 Å². The monoisotopic (exact) mass is 1060 g/mol. The van der Waals surface area contributed by atoms with Crippen molar-refractivity contribution in [2.75, 3.05) is 6.61 Å². The number of hydrogen-bond donors (Lipinski definition) is 3. The topological polar surface area (TPSA) is 69.6 Å². The summed E-state index contributed by atoms with van der Waals surface area (Å²) in [5.74, 6) is -0.125. The van der Waals surface area contributed by atoms with Gasteiger partial charge in [0.1, 0.15) is 0 Å². The molecule has 0 aromatic carbocycles. The van der Waals surface area contributed by atoms with Gasteiger partial charge in [-0.25, -0.2) is 0 Å². The van der Waals surface area contributed by atoms with Crippen molar-refractivity contribution in [3.63, 3.8) is 0 Å². The first-order valence-electron chi connectivity index (χ1n) is 32.2. The summed E-state index contributed by atoms with van der Waals surface area (Å²) in [6.07, 6.45) is 106. The highest BCUT2D eigenvalue weighted by Crippen LogP contribution is 2.16. The fourth-order valence-electron chi connectivity index (χ4n) is 8.89. The van der Waals surface area contributed by atoms with E-state index in [0.29, 0.717) is 6.42 Å². The van der Waals surface area contributed by atoms with Gasteiger partial charge < -0.3 is 15.5 Å². The Bertz CT molecular complexity index is 1630. The van der Waals surface area contributed by atoms with Crippen LogP contribution in [0.3, 0.4) is 0 Å². The number of nitrogens with one attached hydrogen (secondary N) is 1. The Morgan fingerprint density at radius 2 is 0.584 bits per heavy atom. The summed E-state index contributed by atoms with van der Waals surface area (Å²) in [7, 11) is 0. The van der Waals surface area contributed by atoms with Crippen molar-refractivity contribution in [1.82, 2.24) is 5.32 Å². The molecule has 0 aliphatic rings. The van der Waals surface area contributed by atoms with Crippen LogP contribution in [0.2, 0.25) is 0 Å². The first-order chi connectivity index (χ1) is 38.2. The zero-order valence-corrected chi connectivity index (χ0v) is 50.2. The summed E-state index contributed by atoms with van der Waals surface area (Å²) in [5.41, 5.74) is 0. The molecule has 1 amide bonds. The van der Waals surface area contributed by atoms with Gasteiger partial charge in [-0.1, -0.05) is 307 Å². The van der Waals surface area contributed by atoms with Crippen LogP contribution in [0.4, 0.5) is 0 Å². The molecule has 0 saturated carbocycles. The van der Waals surface area contributed by atoms with Crippen molar-refractivity contribution in [3.8, 4) is 0 Å². The number of carbonyl (C=O) groups excluding carboxylic acids is 1. The van der Waals surface area contributed by atoms with E-state index in [9.17, 15) is 15.0 Å². The minimum Gasteiger partial charge on any atom is -0.394 e. The minimum absolute atomic E-state index is 0.125. The van der Waals surface area contributed by atoms with E-state index < -0.39 is 12.1 Å². The maximum absolute atomic E-state index is 12.5. The summed E-state index contributed by atoms with van der Waals surface area (Å²) < 4.78 is 0. The molecule has 2 atom stereocenters. The normalized spacial score (nSPS) is 13.9. The SMILES string of the molecule is CC/C=C\C/C=C\C/C=C\C/C=C\C/C=C\C/C=C\C/C=C\C/C=C\C/C=C\C/C=C\CCCCC(=O)NC(CO)C(O)/C=C/CC/C=C/CC/C=C/CCCCCCCCCCCCCCCCCCCCCCCC. The van der Waals surface area contributed by atoms with E-state index in [1.165, 1.54) is 148 Å². The Hall–Kier alpha value is -3.99. The summed E-state index contributed by atoms with van der Waals surface area (Å²) in [6, 6.07) is -0.684. The smallest absolute Gasteiger partial charge is 0.220 e. The second kappa shape index (κ2) is 66.3. The fourth-order valence-corrected chi connectivity index (χ4v) is 8.89. The van der Waals surface area contributed by atoms with Crippen molar-refractivity contribution in [3.05, 3.63) is 158 Å². The van der Waals surface area contributed by atoms with Gasteiger partial charge in [0, 0.05) is 6.42 Å². The van der Waals surface area contributed by atoms with Gasteiger partial charge >= 0.3 is 0 Å². The van der Waals surface area contributed by atoms with Gasteiger partial charge in [0.15, 0.2) is 0 Å². The average molecular weight is 1060 g/mol. The van der Waals surface area contributed by atoms with Crippen LogP contribution in [0.15, 0.2) is 158 Å². The van der Waals surface area contributed by atoms with Gasteiger partial charge in [0.05, 0.1) is 18.8 Å². The number of allylic oxidation sites excluding steroid dienone is 25. The van der Waals surface area contributed by atoms with Crippen LogP contribution in [0.1, 0.15) is 277 Å². The molecule has 4 heteroatoms. The standard InChI is InChI=1S/C73H121NO3/c1-3-5-7-9-11-13-15-17-19-21-23-25-27-29-31-33-35-37-39-41-43-45-47-49-51-53-55-57-59-61-63-65-67-69-73(77)74-71(70-75)72(76)68-66-64-62-60-58-56-54-52-50-48-46-44-42-40-38-36-34-32-30-28-26-24-22-20-18-16-14-12-10-8-6-4-2/h5,7,11,13,17,19,23,25,29,31,35,37,41,43,47,49-50,52-53,55,58-61,66,68,71-72,75-76H,3-4,6,8-10,12,14-16,18,20-22,24,26-28,30,32-34,36,38-40,42,44-46,48,51,54,56-57,62-65,67,69-70H2,1-2H3,(H,74,77)/b7-5-,13-11-,19-17-,25-23-,31-29-,37-35-,43-41-,49-47-,52-50+,55-53-,60-58+,61-59-,68-66+. The van der Waals surface area contributed by atoms with Crippen LogP contribution in [-0.2, 0) is 4.79 Å². The molecule has 0 rings (SSSR count). The molecule has 0 aliphatic heterocycles. The van der Waals surface area contributed by atoms with E-state index in [0.717, 1.165) is 109 Å². The molecule has 0 radical (unpaired) electrons. The van der Waals surface area contributed by atoms with Gasteiger partial charge in [-0.3, -0.25) is 4.79 Å². The van der Waals surface area contributed by atoms with Crippen LogP contribution >= 0.6 is 0 Å². The molecular formula is C73H121NO3. The number of amides is 1. The number of aliphatic hydroxyl groups excluding tert-OH is 2. The second-order valence-corrected chi connectivity index (χ2v) is 21.1. The maximum atomic E-state index is 12.5. The number of carbonyl (C=O) groups is 1. The predicted molar refractivity (Wildman–Crippen MR) is 344 cm³/mol. The summed E-state index contributed by atoms with van der Waals surface area (Å²) in [5, 5.41) is 23.2. The van der Waals surface area contributed by atoms with Crippen LogP contribution in [-0.4, -0.2) is 34.9 Å². The van der Waals surface area contributed by atoms with E-state index in [1.807, 2.05) is 6.08 Å². The number of hydrogen-bond acceptors (Lipinski definition) is 3. The largest absolute Gasteiger partial charge is 0.394 e. The molecule has 4 nitrogen and oxygen atoms in total. The highest BCUT2D eigenvalue weighted by atomic mass is 16.3. The molecule has 0 aromatic heterocycles.